The second-order valence-corrected chi connectivity index (χ2v) is 8.98. The van der Waals surface area contributed by atoms with Crippen molar-refractivity contribution in [2.24, 2.45) is 12.0 Å². The Morgan fingerprint density at radius 1 is 1.25 bits per heavy atom. The molecule has 11 nitrogen and oxygen atoms in total. The van der Waals surface area contributed by atoms with Gasteiger partial charge in [0.2, 0.25) is 0 Å². The molecule has 5 heterocycles. The molecular formula is C25H28N10O. The highest BCUT2D eigenvalue weighted by Crippen LogP contribution is 2.25. The number of hydrogen-bond acceptors (Lipinski definition) is 8. The van der Waals surface area contributed by atoms with E-state index in [-0.39, 0.29) is 5.56 Å². The molecule has 0 amide bonds. The fourth-order valence-corrected chi connectivity index (χ4v) is 4.76. The Morgan fingerprint density at radius 3 is 3.00 bits per heavy atom. The van der Waals surface area contributed by atoms with E-state index in [1.807, 2.05) is 59.0 Å². The number of anilines is 3. The van der Waals surface area contributed by atoms with Gasteiger partial charge in [0.25, 0.3) is 5.56 Å². The van der Waals surface area contributed by atoms with E-state index >= 15 is 0 Å². The minimum Gasteiger partial charge on any atom is -0.366 e. The van der Waals surface area contributed by atoms with Gasteiger partial charge in [-0.2, -0.15) is 5.10 Å². The van der Waals surface area contributed by atoms with Crippen molar-refractivity contribution >= 4 is 34.4 Å². The molecule has 2 aliphatic heterocycles. The number of aromatic nitrogens is 5. The summed E-state index contributed by atoms with van der Waals surface area (Å²) in [6.07, 6.45) is 5.73. The Hall–Kier alpha value is -4.38. The van der Waals surface area contributed by atoms with Crippen molar-refractivity contribution in [3.05, 3.63) is 71.2 Å². The third-order valence-corrected chi connectivity index (χ3v) is 6.51. The van der Waals surface area contributed by atoms with E-state index in [1.54, 1.807) is 17.0 Å². The minimum atomic E-state index is -0.470. The Morgan fingerprint density at radius 2 is 2.17 bits per heavy atom. The molecule has 11 heteroatoms. The molecule has 0 aliphatic carbocycles. The van der Waals surface area contributed by atoms with Crippen molar-refractivity contribution in [2.75, 3.05) is 29.0 Å². The quantitative estimate of drug-likeness (QED) is 0.297. The highest BCUT2D eigenvalue weighted by Gasteiger charge is 2.26. The monoisotopic (exact) mass is 484 g/mol. The number of hydrogen-bond donors (Lipinski definition) is 4. The molecule has 2 aliphatic rings. The molecule has 1 fully saturated rings. The highest BCUT2D eigenvalue weighted by molar-refractivity contribution is 5.89. The molecular weight excluding hydrogens is 456 g/mol. The number of nitrogens with zero attached hydrogens (tertiary/aromatic N) is 6. The summed E-state index contributed by atoms with van der Waals surface area (Å²) in [4.78, 5) is 22.6. The summed E-state index contributed by atoms with van der Waals surface area (Å²) < 4.78 is 5.26. The molecule has 36 heavy (non-hydrogen) atoms. The van der Waals surface area contributed by atoms with E-state index in [4.69, 9.17) is 4.98 Å². The maximum absolute atomic E-state index is 13.3. The number of aliphatic imine (C=N–C) groups is 1. The van der Waals surface area contributed by atoms with Crippen molar-refractivity contribution in [2.45, 2.75) is 25.3 Å². The molecule has 0 radical (unpaired) electrons. The first-order chi connectivity index (χ1) is 17.6. The average Bonchev–Trinajstić information content (AvgIpc) is 3.59. The van der Waals surface area contributed by atoms with Gasteiger partial charge in [0.05, 0.1) is 18.3 Å². The summed E-state index contributed by atoms with van der Waals surface area (Å²) in [5.41, 5.74) is 2.27. The highest BCUT2D eigenvalue weighted by atomic mass is 16.1. The van der Waals surface area contributed by atoms with Crippen molar-refractivity contribution in [3.63, 3.8) is 0 Å². The molecule has 0 saturated carbocycles. The van der Waals surface area contributed by atoms with E-state index in [9.17, 15) is 4.79 Å². The van der Waals surface area contributed by atoms with Crippen LogP contribution in [-0.2, 0) is 13.6 Å². The number of aryl methyl sites for hydroxylation is 1. The molecule has 2 atom stereocenters. The van der Waals surface area contributed by atoms with Gasteiger partial charge in [-0.1, -0.05) is 12.1 Å². The Bertz CT molecular complexity index is 1520. The van der Waals surface area contributed by atoms with Gasteiger partial charge < -0.3 is 21.3 Å². The van der Waals surface area contributed by atoms with Crippen molar-refractivity contribution < 1.29 is 0 Å². The summed E-state index contributed by atoms with van der Waals surface area (Å²) in [7, 11) is 1.92. The summed E-state index contributed by atoms with van der Waals surface area (Å²) in [5.74, 6) is 2.03. The molecule has 3 aromatic heterocycles. The molecule has 1 aromatic carbocycles. The third-order valence-electron chi connectivity index (χ3n) is 6.51. The van der Waals surface area contributed by atoms with Crippen LogP contribution in [0.25, 0.3) is 16.7 Å². The zero-order valence-corrected chi connectivity index (χ0v) is 20.0. The SMILES string of the molecule is C=CCn1c(=O)c2c(n1-c1cccc(NC3CCNC3)n1)NC(Nc1ccc3c(cnn3C)c1)N=C2. The van der Waals surface area contributed by atoms with Crippen molar-refractivity contribution in [1.82, 2.24) is 29.4 Å². The van der Waals surface area contributed by atoms with E-state index < -0.39 is 6.29 Å². The smallest absolute Gasteiger partial charge is 0.278 e. The van der Waals surface area contributed by atoms with Gasteiger partial charge in [0.15, 0.2) is 12.1 Å². The van der Waals surface area contributed by atoms with E-state index in [0.29, 0.717) is 29.8 Å². The molecule has 4 aromatic rings. The topological polar surface area (TPSA) is 118 Å². The molecule has 0 spiro atoms. The first-order valence-corrected chi connectivity index (χ1v) is 12.0. The summed E-state index contributed by atoms with van der Waals surface area (Å²) in [6.45, 7) is 6.07. The Labute approximate surface area is 207 Å². The molecule has 2 unspecified atom stereocenters. The molecule has 6 rings (SSSR count). The van der Waals surface area contributed by atoms with E-state index in [1.165, 1.54) is 0 Å². The van der Waals surface area contributed by atoms with Gasteiger partial charge in [0, 0.05) is 36.9 Å². The van der Waals surface area contributed by atoms with Gasteiger partial charge in [-0.15, -0.1) is 6.58 Å². The summed E-state index contributed by atoms with van der Waals surface area (Å²) >= 11 is 0. The fraction of sp³-hybridized carbons (Fsp3) is 0.280. The Balaban J connectivity index is 1.33. The van der Waals surface area contributed by atoms with Crippen LogP contribution in [0, 0.1) is 0 Å². The lowest BCUT2D eigenvalue weighted by molar-refractivity contribution is 0.589. The van der Waals surface area contributed by atoms with Crippen LogP contribution in [0.4, 0.5) is 17.3 Å². The lowest BCUT2D eigenvalue weighted by Crippen LogP contribution is -2.31. The standard InChI is InChI=1S/C25H28N10O/c1-3-11-34-24(36)19-15-27-25(30-17-7-8-20-16(12-17)13-28-33(20)2)32-23(19)35(34)22-6-4-5-21(31-22)29-18-9-10-26-14-18/h3-8,12-13,15,18,25-26,30,32H,1,9-11,14H2,2H3,(H,29,31). The number of benzene rings is 1. The molecule has 4 N–H and O–H groups in total. The van der Waals surface area contributed by atoms with Gasteiger partial charge >= 0.3 is 0 Å². The van der Waals surface area contributed by atoms with Crippen molar-refractivity contribution in [3.8, 4) is 5.82 Å². The van der Waals surface area contributed by atoms with Gasteiger partial charge in [0.1, 0.15) is 17.2 Å². The first-order valence-electron chi connectivity index (χ1n) is 12.0. The van der Waals surface area contributed by atoms with E-state index in [2.05, 4.69) is 37.9 Å². The van der Waals surface area contributed by atoms with Crippen LogP contribution in [-0.4, -0.2) is 55.8 Å². The molecule has 1 saturated heterocycles. The lowest BCUT2D eigenvalue weighted by atomic mass is 10.2. The van der Waals surface area contributed by atoms with Gasteiger partial charge in [-0.05, 0) is 43.3 Å². The van der Waals surface area contributed by atoms with Crippen LogP contribution in [0.5, 0.6) is 0 Å². The van der Waals surface area contributed by atoms with Crippen LogP contribution < -0.4 is 26.8 Å². The van der Waals surface area contributed by atoms with Gasteiger partial charge in [-0.3, -0.25) is 9.48 Å². The fourth-order valence-electron chi connectivity index (χ4n) is 4.76. The average molecular weight is 485 g/mol. The second kappa shape index (κ2) is 9.00. The predicted molar refractivity (Wildman–Crippen MR) is 142 cm³/mol. The maximum Gasteiger partial charge on any atom is 0.278 e. The zero-order chi connectivity index (χ0) is 24.6. The number of rotatable bonds is 7. The zero-order valence-electron chi connectivity index (χ0n) is 20.0. The number of pyridine rings is 1. The normalized spacial score (nSPS) is 18.7. The third kappa shape index (κ3) is 3.93. The predicted octanol–water partition coefficient (Wildman–Crippen LogP) is 2.12. The summed E-state index contributed by atoms with van der Waals surface area (Å²) in [5, 5.41) is 19.0. The second-order valence-electron chi connectivity index (χ2n) is 8.98. The van der Waals surface area contributed by atoms with Gasteiger partial charge in [-0.25, -0.2) is 19.3 Å². The minimum absolute atomic E-state index is 0.156. The van der Waals surface area contributed by atoms with E-state index in [0.717, 1.165) is 41.9 Å². The largest absolute Gasteiger partial charge is 0.366 e. The van der Waals surface area contributed by atoms with Crippen LogP contribution >= 0.6 is 0 Å². The molecule has 0 bridgehead atoms. The maximum atomic E-state index is 13.3. The summed E-state index contributed by atoms with van der Waals surface area (Å²) in [6, 6.07) is 12.1. The first kappa shape index (κ1) is 22.1. The lowest BCUT2D eigenvalue weighted by Gasteiger charge is -2.23. The van der Waals surface area contributed by atoms with Crippen molar-refractivity contribution in [1.29, 1.82) is 0 Å². The molecule has 184 valence electrons. The number of nitrogens with one attached hydrogen (secondary N) is 4. The van der Waals surface area contributed by atoms with Crippen LogP contribution in [0.2, 0.25) is 0 Å². The van der Waals surface area contributed by atoms with Crippen LogP contribution in [0.1, 0.15) is 12.0 Å². The van der Waals surface area contributed by atoms with Crippen LogP contribution in [0.3, 0.4) is 0 Å². The Kier molecular flexibility index (Phi) is 5.53. The number of allylic oxidation sites excluding steroid dienone is 1. The number of fused-ring (bicyclic) bond motifs is 2. The van der Waals surface area contributed by atoms with Crippen LogP contribution in [0.15, 0.2) is 65.0 Å².